The molecule has 0 aromatic heterocycles. The third-order valence-corrected chi connectivity index (χ3v) is 5.66. The van der Waals surface area contributed by atoms with Gasteiger partial charge < -0.3 is 14.2 Å². The minimum atomic E-state index is -3.62. The first-order chi connectivity index (χ1) is 11.6. The van der Waals surface area contributed by atoms with Crippen molar-refractivity contribution in [1.29, 1.82) is 0 Å². The molecule has 0 unspecified atom stereocenters. The molecule has 0 bridgehead atoms. The molecular formula is C19H25O4P. The van der Waals surface area contributed by atoms with Crippen molar-refractivity contribution < 1.29 is 18.7 Å². The Morgan fingerprint density at radius 2 is 1.38 bits per heavy atom. The zero-order valence-corrected chi connectivity index (χ0v) is 14.9. The van der Waals surface area contributed by atoms with Gasteiger partial charge in [-0.15, -0.1) is 0 Å². The van der Waals surface area contributed by atoms with Gasteiger partial charge in [-0.25, -0.2) is 0 Å². The van der Waals surface area contributed by atoms with Gasteiger partial charge in [0.15, 0.2) is 5.85 Å². The third kappa shape index (κ3) is 5.88. The Morgan fingerprint density at radius 3 is 1.79 bits per heavy atom. The molecule has 0 saturated heterocycles. The van der Waals surface area contributed by atoms with Crippen molar-refractivity contribution in [1.82, 2.24) is 0 Å². The van der Waals surface area contributed by atoms with Crippen LogP contribution < -0.4 is 0 Å². The van der Waals surface area contributed by atoms with E-state index in [0.717, 1.165) is 24.0 Å². The van der Waals surface area contributed by atoms with Crippen LogP contribution in [0.4, 0.5) is 0 Å². The van der Waals surface area contributed by atoms with Gasteiger partial charge >= 0.3 is 7.60 Å². The quantitative estimate of drug-likeness (QED) is 0.605. The lowest BCUT2D eigenvalue weighted by Gasteiger charge is -2.23. The van der Waals surface area contributed by atoms with Crippen molar-refractivity contribution in [2.24, 2.45) is 0 Å². The summed E-state index contributed by atoms with van der Waals surface area (Å²) in [7, 11) is -3.62. The number of benzene rings is 2. The summed E-state index contributed by atoms with van der Waals surface area (Å²) in [6.45, 7) is 2.32. The van der Waals surface area contributed by atoms with E-state index in [1.54, 1.807) is 0 Å². The molecule has 0 amide bonds. The largest absolute Gasteiger partial charge is 0.380 e. The molecule has 2 rings (SSSR count). The van der Waals surface area contributed by atoms with Gasteiger partial charge in [0.2, 0.25) is 0 Å². The Bertz CT molecular complexity index is 583. The number of rotatable bonds is 10. The zero-order chi connectivity index (χ0) is 17.3. The van der Waals surface area contributed by atoms with Crippen LogP contribution in [-0.2, 0) is 26.8 Å². The van der Waals surface area contributed by atoms with E-state index < -0.39 is 13.4 Å². The smallest absolute Gasteiger partial charge is 0.359 e. The molecule has 0 saturated carbocycles. The molecular weight excluding hydrogens is 323 g/mol. The Morgan fingerprint density at radius 1 is 0.917 bits per heavy atom. The van der Waals surface area contributed by atoms with Gasteiger partial charge in [-0.05, 0) is 17.5 Å². The van der Waals surface area contributed by atoms with Crippen molar-refractivity contribution >= 4 is 7.60 Å². The third-order valence-electron chi connectivity index (χ3n) is 3.69. The van der Waals surface area contributed by atoms with E-state index in [0.29, 0.717) is 6.42 Å². The fourth-order valence-electron chi connectivity index (χ4n) is 2.23. The average molecular weight is 348 g/mol. The number of aliphatic hydroxyl groups excluding tert-OH is 1. The lowest BCUT2D eigenvalue weighted by Crippen LogP contribution is -2.13. The van der Waals surface area contributed by atoms with Gasteiger partial charge in [0.1, 0.15) is 0 Å². The molecule has 0 aliphatic rings. The molecule has 0 fully saturated rings. The Labute approximate surface area is 144 Å². The van der Waals surface area contributed by atoms with Crippen LogP contribution in [0.3, 0.4) is 0 Å². The number of unbranched alkanes of at least 4 members (excludes halogenated alkanes) is 1. The van der Waals surface area contributed by atoms with Crippen LogP contribution in [0.15, 0.2) is 60.7 Å². The standard InChI is InChI=1S/C19H25O4P/c1-2-3-14-19(20)24(21,22-15-17-10-6-4-7-11-17)23-16-18-12-8-5-9-13-18/h4-13,19-20H,2-3,14-16H2,1H3/t19-/m0/s1. The minimum Gasteiger partial charge on any atom is -0.380 e. The predicted molar refractivity (Wildman–Crippen MR) is 95.6 cm³/mol. The highest BCUT2D eigenvalue weighted by molar-refractivity contribution is 7.54. The summed E-state index contributed by atoms with van der Waals surface area (Å²) in [5.41, 5.74) is 1.78. The molecule has 5 heteroatoms. The Hall–Kier alpha value is -1.45. The molecule has 1 N–H and O–H groups in total. The molecule has 0 spiro atoms. The molecule has 2 aromatic rings. The highest BCUT2D eigenvalue weighted by Crippen LogP contribution is 2.54. The molecule has 0 radical (unpaired) electrons. The van der Waals surface area contributed by atoms with Crippen molar-refractivity contribution in [2.45, 2.75) is 45.2 Å². The van der Waals surface area contributed by atoms with Crippen LogP contribution in [0.5, 0.6) is 0 Å². The van der Waals surface area contributed by atoms with E-state index in [1.165, 1.54) is 0 Å². The molecule has 130 valence electrons. The van der Waals surface area contributed by atoms with Crippen molar-refractivity contribution in [3.63, 3.8) is 0 Å². The highest BCUT2D eigenvalue weighted by atomic mass is 31.2. The molecule has 4 nitrogen and oxygen atoms in total. The average Bonchev–Trinajstić information content (AvgIpc) is 2.64. The highest BCUT2D eigenvalue weighted by Gasteiger charge is 2.34. The van der Waals surface area contributed by atoms with Crippen molar-refractivity contribution in [3.05, 3.63) is 71.8 Å². The summed E-state index contributed by atoms with van der Waals surface area (Å²) in [6.07, 6.45) is 2.08. The van der Waals surface area contributed by atoms with E-state index in [9.17, 15) is 9.67 Å². The van der Waals surface area contributed by atoms with Gasteiger partial charge in [0.05, 0.1) is 13.2 Å². The van der Waals surface area contributed by atoms with Crippen LogP contribution in [0.1, 0.15) is 37.3 Å². The molecule has 1 atom stereocenters. The van der Waals surface area contributed by atoms with Crippen LogP contribution in [0, 0.1) is 0 Å². The van der Waals surface area contributed by atoms with Crippen molar-refractivity contribution in [3.8, 4) is 0 Å². The SMILES string of the molecule is CCCC[C@@H](O)P(=O)(OCc1ccccc1)OCc1ccccc1. The van der Waals surface area contributed by atoms with Crippen LogP contribution in [0.2, 0.25) is 0 Å². The van der Waals surface area contributed by atoms with Gasteiger partial charge in [-0.1, -0.05) is 80.4 Å². The number of hydrogen-bond acceptors (Lipinski definition) is 4. The molecule has 2 aromatic carbocycles. The molecule has 0 heterocycles. The minimum absolute atomic E-state index is 0.149. The summed E-state index contributed by atoms with van der Waals surface area (Å²) in [5.74, 6) is -1.11. The topological polar surface area (TPSA) is 55.8 Å². The van der Waals surface area contributed by atoms with E-state index >= 15 is 0 Å². The first-order valence-electron chi connectivity index (χ1n) is 8.29. The fourth-order valence-corrected chi connectivity index (χ4v) is 3.81. The second-order valence-corrected chi connectivity index (χ2v) is 7.87. The number of hydrogen-bond donors (Lipinski definition) is 1. The second-order valence-electron chi connectivity index (χ2n) is 5.68. The normalized spacial score (nSPS) is 12.9. The first-order valence-corrected chi connectivity index (χ1v) is 9.90. The zero-order valence-electron chi connectivity index (χ0n) is 14.0. The Balaban J connectivity index is 2.03. The monoisotopic (exact) mass is 348 g/mol. The molecule has 0 aliphatic carbocycles. The summed E-state index contributed by atoms with van der Waals surface area (Å²) in [4.78, 5) is 0. The lowest BCUT2D eigenvalue weighted by atomic mass is 10.2. The van der Waals surface area contributed by atoms with Crippen LogP contribution in [0.25, 0.3) is 0 Å². The first kappa shape index (κ1) is 18.9. The van der Waals surface area contributed by atoms with Gasteiger partial charge in [-0.2, -0.15) is 0 Å². The fraction of sp³-hybridized carbons (Fsp3) is 0.368. The van der Waals surface area contributed by atoms with Crippen LogP contribution >= 0.6 is 7.60 Å². The summed E-state index contributed by atoms with van der Waals surface area (Å²) < 4.78 is 24.2. The van der Waals surface area contributed by atoms with E-state index in [2.05, 4.69) is 0 Å². The molecule has 24 heavy (non-hydrogen) atoms. The summed E-state index contributed by atoms with van der Waals surface area (Å²) in [5, 5.41) is 10.3. The van der Waals surface area contributed by atoms with E-state index in [-0.39, 0.29) is 13.2 Å². The number of aliphatic hydroxyl groups is 1. The predicted octanol–water partition coefficient (Wildman–Crippen LogP) is 5.12. The van der Waals surface area contributed by atoms with Crippen LogP contribution in [-0.4, -0.2) is 11.0 Å². The lowest BCUT2D eigenvalue weighted by molar-refractivity contribution is 0.127. The van der Waals surface area contributed by atoms with Gasteiger partial charge in [-0.3, -0.25) is 4.57 Å². The summed E-state index contributed by atoms with van der Waals surface area (Å²) in [6, 6.07) is 18.9. The van der Waals surface area contributed by atoms with Gasteiger partial charge in [0, 0.05) is 0 Å². The van der Waals surface area contributed by atoms with E-state index in [4.69, 9.17) is 9.05 Å². The summed E-state index contributed by atoms with van der Waals surface area (Å²) >= 11 is 0. The van der Waals surface area contributed by atoms with Gasteiger partial charge in [0.25, 0.3) is 0 Å². The second kappa shape index (κ2) is 9.75. The maximum atomic E-state index is 13.1. The van der Waals surface area contributed by atoms with Crippen molar-refractivity contribution in [2.75, 3.05) is 0 Å². The molecule has 0 aliphatic heterocycles. The van der Waals surface area contributed by atoms with E-state index in [1.807, 2.05) is 67.6 Å². The maximum absolute atomic E-state index is 13.1. The Kier molecular flexibility index (Phi) is 7.67. The maximum Gasteiger partial charge on any atom is 0.359 e.